The smallest absolute Gasteiger partial charge is 0.251 e. The Kier molecular flexibility index (Phi) is 23.2. The molecular formula is C60H80N8O11. The van der Waals surface area contributed by atoms with E-state index in [1.54, 1.807) is 38.1 Å². The second-order valence-corrected chi connectivity index (χ2v) is 20.5. The van der Waals surface area contributed by atoms with Crippen LogP contribution in [-0.2, 0) is 39.9 Å². The maximum Gasteiger partial charge on any atom is 0.251 e. The van der Waals surface area contributed by atoms with E-state index in [2.05, 4.69) is 33.5 Å². The Morgan fingerprint density at radius 2 is 1.28 bits per heavy atom. The molecule has 4 aromatic rings. The van der Waals surface area contributed by atoms with Crippen LogP contribution in [0.15, 0.2) is 97.1 Å². The van der Waals surface area contributed by atoms with Crippen LogP contribution in [0.25, 0.3) is 22.3 Å². The van der Waals surface area contributed by atoms with Crippen LogP contribution in [-0.4, -0.2) is 143 Å². The monoisotopic (exact) mass is 1090 g/mol. The van der Waals surface area contributed by atoms with Crippen LogP contribution in [0, 0.1) is 5.92 Å². The quantitative estimate of drug-likeness (QED) is 0.0277. The van der Waals surface area contributed by atoms with Crippen molar-refractivity contribution in [1.29, 1.82) is 0 Å². The minimum atomic E-state index is -1.17. The van der Waals surface area contributed by atoms with Crippen molar-refractivity contribution in [1.82, 2.24) is 36.4 Å². The average molecular weight is 1090 g/mol. The number of hydrogen-bond donors (Lipinski definition) is 8. The first kappa shape index (κ1) is 60.9. The molecule has 8 atom stereocenters. The van der Waals surface area contributed by atoms with E-state index in [0.717, 1.165) is 52.8 Å². The summed E-state index contributed by atoms with van der Waals surface area (Å²) in [5.41, 5.74) is 10.7. The third kappa shape index (κ3) is 17.3. The molecule has 19 nitrogen and oxygen atoms in total. The molecule has 2 aliphatic rings. The van der Waals surface area contributed by atoms with Gasteiger partial charge in [-0.3, -0.25) is 33.6 Å². The van der Waals surface area contributed by atoms with Crippen molar-refractivity contribution in [2.45, 2.75) is 141 Å². The normalized spacial score (nSPS) is 17.9. The summed E-state index contributed by atoms with van der Waals surface area (Å²) in [5, 5.41) is 33.8. The van der Waals surface area contributed by atoms with Crippen LogP contribution in [0.2, 0.25) is 0 Å². The van der Waals surface area contributed by atoms with Gasteiger partial charge in [0.15, 0.2) is 6.23 Å². The second-order valence-electron chi connectivity index (χ2n) is 20.5. The lowest BCUT2D eigenvalue weighted by Gasteiger charge is -2.31. The van der Waals surface area contributed by atoms with E-state index in [0.29, 0.717) is 31.4 Å². The van der Waals surface area contributed by atoms with Gasteiger partial charge in [0.05, 0.1) is 25.9 Å². The molecule has 0 bridgehead atoms. The predicted molar refractivity (Wildman–Crippen MR) is 300 cm³/mol. The molecule has 0 saturated carbocycles. The second kappa shape index (κ2) is 30.1. The van der Waals surface area contributed by atoms with Crippen molar-refractivity contribution in [3.8, 4) is 33.8 Å². The number of unbranched alkanes of at least 4 members (excludes halogenated alkanes) is 2. The number of aliphatic hydroxyl groups is 1. The molecule has 0 radical (unpaired) electrons. The Morgan fingerprint density at radius 1 is 0.696 bits per heavy atom. The number of likely N-dealkylation sites (tertiary alicyclic amines) is 2. The highest BCUT2D eigenvalue weighted by Gasteiger charge is 2.42. The Labute approximate surface area is 463 Å². The number of nitrogens with two attached hydrogens (primary N) is 1. The summed E-state index contributed by atoms with van der Waals surface area (Å²) in [7, 11) is 0. The number of hydrogen-bond acceptors (Lipinski definition) is 12. The zero-order valence-electron chi connectivity index (χ0n) is 46.2. The Balaban J connectivity index is 1.03. The number of phenolic OH excluding ortho intramolecular Hbond substituents is 1. The minimum Gasteiger partial charge on any atom is -0.508 e. The molecule has 0 aromatic heterocycles. The van der Waals surface area contributed by atoms with E-state index in [4.69, 9.17) is 15.2 Å². The highest BCUT2D eigenvalue weighted by Crippen LogP contribution is 2.28. The SMILES string of the molecule is CCCCCOc1ccc(-c2ccc(-c3ccc(C(=O)NCC(=O)NC(CC)C(=O)N4CCCC4C(=O)NC(CCc4ccc(O)cc4)C(=O)NC(CC)C(=O)N4C[C@H](C)CC4C(=O)NC(OCCN)[C@@H](C)O)cc3)cc2)cc1. The highest BCUT2D eigenvalue weighted by atomic mass is 16.5. The van der Waals surface area contributed by atoms with Gasteiger partial charge in [0.1, 0.15) is 41.7 Å². The van der Waals surface area contributed by atoms with Gasteiger partial charge in [0, 0.05) is 25.2 Å². The molecule has 6 unspecified atom stereocenters. The number of nitrogens with zero attached hydrogens (tertiary/aromatic N) is 2. The number of phenols is 1. The molecule has 6 rings (SSSR count). The lowest BCUT2D eigenvalue weighted by atomic mass is 9.99. The fourth-order valence-electron chi connectivity index (χ4n) is 9.90. The Hall–Kier alpha value is -7.35. The number of carbonyl (C=O) groups is 7. The lowest BCUT2D eigenvalue weighted by Crippen LogP contribution is -2.59. The molecule has 0 aliphatic carbocycles. The van der Waals surface area contributed by atoms with E-state index < -0.39 is 90.4 Å². The zero-order valence-corrected chi connectivity index (χ0v) is 46.2. The van der Waals surface area contributed by atoms with Gasteiger partial charge in [-0.1, -0.05) is 101 Å². The number of aromatic hydroxyl groups is 1. The van der Waals surface area contributed by atoms with E-state index in [1.807, 2.05) is 67.6 Å². The number of benzene rings is 4. The maximum atomic E-state index is 14.3. The summed E-state index contributed by atoms with van der Waals surface area (Å²) in [6.45, 7) is 10.00. The molecule has 7 amide bonds. The number of ether oxygens (including phenoxy) is 2. The van der Waals surface area contributed by atoms with Crippen molar-refractivity contribution in [2.75, 3.05) is 39.4 Å². The van der Waals surface area contributed by atoms with Gasteiger partial charge >= 0.3 is 0 Å². The number of amides is 7. The van der Waals surface area contributed by atoms with E-state index in [-0.39, 0.29) is 63.6 Å². The van der Waals surface area contributed by atoms with Crippen LogP contribution in [0.1, 0.15) is 108 Å². The van der Waals surface area contributed by atoms with Gasteiger partial charge in [-0.25, -0.2) is 0 Å². The van der Waals surface area contributed by atoms with E-state index >= 15 is 0 Å². The van der Waals surface area contributed by atoms with Gasteiger partial charge < -0.3 is 61.8 Å². The van der Waals surface area contributed by atoms with Crippen LogP contribution >= 0.6 is 0 Å². The van der Waals surface area contributed by atoms with E-state index in [9.17, 15) is 43.8 Å². The van der Waals surface area contributed by atoms with Crippen molar-refractivity contribution in [2.24, 2.45) is 11.7 Å². The Bertz CT molecular complexity index is 2650. The molecule has 0 spiro atoms. The summed E-state index contributed by atoms with van der Waals surface area (Å²) < 4.78 is 11.4. The first-order chi connectivity index (χ1) is 38.0. The zero-order chi connectivity index (χ0) is 57.0. The molecule has 9 N–H and O–H groups in total. The fraction of sp³-hybridized carbons (Fsp3) is 0.483. The molecule has 426 valence electrons. The molecule has 19 heteroatoms. The van der Waals surface area contributed by atoms with Gasteiger partial charge in [0.2, 0.25) is 35.4 Å². The molecule has 4 aromatic carbocycles. The maximum absolute atomic E-state index is 14.3. The number of aliphatic hydroxyl groups excluding tert-OH is 1. The minimum absolute atomic E-state index is 0.0546. The number of aryl methyl sites for hydroxylation is 1. The van der Waals surface area contributed by atoms with Gasteiger partial charge in [-0.05, 0) is 128 Å². The number of carbonyl (C=O) groups excluding carboxylic acids is 7. The first-order valence-corrected chi connectivity index (χ1v) is 27.8. The molecular weight excluding hydrogens is 1010 g/mol. The van der Waals surface area contributed by atoms with Gasteiger partial charge in [-0.2, -0.15) is 0 Å². The molecule has 2 aliphatic heterocycles. The number of rotatable bonds is 28. The van der Waals surface area contributed by atoms with Crippen LogP contribution in [0.3, 0.4) is 0 Å². The van der Waals surface area contributed by atoms with Gasteiger partial charge in [-0.15, -0.1) is 0 Å². The summed E-state index contributed by atoms with van der Waals surface area (Å²) in [6.07, 6.45) is 3.06. The third-order valence-electron chi connectivity index (χ3n) is 14.4. The van der Waals surface area contributed by atoms with Crippen molar-refractivity contribution >= 4 is 41.4 Å². The molecule has 2 heterocycles. The van der Waals surface area contributed by atoms with Crippen LogP contribution in [0.4, 0.5) is 0 Å². The lowest BCUT2D eigenvalue weighted by molar-refractivity contribution is -0.144. The molecule has 2 fully saturated rings. The predicted octanol–water partition coefficient (Wildman–Crippen LogP) is 4.96. The summed E-state index contributed by atoms with van der Waals surface area (Å²) in [6, 6.07) is 24.5. The van der Waals surface area contributed by atoms with Gasteiger partial charge in [0.25, 0.3) is 5.91 Å². The molecule has 79 heavy (non-hydrogen) atoms. The summed E-state index contributed by atoms with van der Waals surface area (Å²) in [5.74, 6) is -2.96. The largest absolute Gasteiger partial charge is 0.508 e. The summed E-state index contributed by atoms with van der Waals surface area (Å²) >= 11 is 0. The highest BCUT2D eigenvalue weighted by molar-refractivity contribution is 5.99. The van der Waals surface area contributed by atoms with Crippen molar-refractivity contribution in [3.05, 3.63) is 108 Å². The van der Waals surface area contributed by atoms with Crippen LogP contribution in [0.5, 0.6) is 11.5 Å². The van der Waals surface area contributed by atoms with Crippen LogP contribution < -0.4 is 37.1 Å². The van der Waals surface area contributed by atoms with E-state index in [1.165, 1.54) is 28.9 Å². The standard InChI is InChI=1S/C60H80N8O11/c1-6-9-10-33-78-47-28-24-44(25-29-47)42-18-16-41(17-19-42)43-20-22-45(23-21-43)54(72)62-36-53(71)63-48(7-2)59(76)67-32-11-12-51(67)56(74)65-50(30-15-40-13-26-46(70)27-14-40)55(73)64-49(8-3)60(77)68-37-38(4)35-52(68)57(75)66-58(39(5)69)79-34-31-61/h13-14,16-29,38-39,48-52,58,69-70H,6-12,15,30-37,61H2,1-5H3,(H,62,72)(H,63,71)(H,64,73)(H,65,74)(H,66,75)/t38-,39-,48?,49?,50?,51?,52?,58?/m1/s1. The summed E-state index contributed by atoms with van der Waals surface area (Å²) in [4.78, 5) is 99.7. The topological polar surface area (TPSA) is 271 Å². The van der Waals surface area contributed by atoms with Crippen molar-refractivity contribution in [3.63, 3.8) is 0 Å². The Morgan fingerprint density at radius 3 is 1.87 bits per heavy atom. The number of nitrogens with one attached hydrogen (secondary N) is 5. The average Bonchev–Trinajstić information content (AvgIpc) is 4.15. The molecule has 2 saturated heterocycles. The first-order valence-electron chi connectivity index (χ1n) is 27.8. The fourth-order valence-corrected chi connectivity index (χ4v) is 9.90. The van der Waals surface area contributed by atoms with Crippen molar-refractivity contribution < 1.29 is 53.2 Å². The third-order valence-corrected chi connectivity index (χ3v) is 14.4.